The molecule has 256 valence electrons. The van der Waals surface area contributed by atoms with Gasteiger partial charge in [-0.15, -0.1) is 0 Å². The van der Waals surface area contributed by atoms with E-state index < -0.39 is 0 Å². The van der Waals surface area contributed by atoms with Crippen LogP contribution in [0.3, 0.4) is 0 Å². The lowest BCUT2D eigenvalue weighted by Crippen LogP contribution is -2.51. The van der Waals surface area contributed by atoms with Crippen LogP contribution in [0.4, 0.5) is 0 Å². The molecule has 4 nitrogen and oxygen atoms in total. The molecule has 1 aromatic rings. The van der Waals surface area contributed by atoms with Gasteiger partial charge in [0.1, 0.15) is 5.75 Å². The van der Waals surface area contributed by atoms with Crippen molar-refractivity contribution in [3.05, 3.63) is 28.8 Å². The fourth-order valence-corrected chi connectivity index (χ4v) is 7.57. The Hall–Kier alpha value is -1.39. The molecule has 1 N–H and O–H groups in total. The minimum absolute atomic E-state index is 0.0118. The molecule has 1 aromatic carbocycles. The lowest BCUT2D eigenvalue weighted by atomic mass is 9.73. The summed E-state index contributed by atoms with van der Waals surface area (Å²) in [7, 11) is 0. The van der Waals surface area contributed by atoms with Crippen LogP contribution in [-0.2, 0) is 5.41 Å². The summed E-state index contributed by atoms with van der Waals surface area (Å²) in [6.45, 7) is 28.8. The van der Waals surface area contributed by atoms with Crippen molar-refractivity contribution in [3.63, 3.8) is 0 Å². The molecule has 0 saturated carbocycles. The molecule has 0 amide bonds. The molecular formula is C40H76N2O2+2. The Bertz CT molecular complexity index is 814. The zero-order valence-corrected chi connectivity index (χ0v) is 31.0. The summed E-state index contributed by atoms with van der Waals surface area (Å²) in [5.74, 6) is 0.148. The van der Waals surface area contributed by atoms with Crippen LogP contribution in [-0.4, -0.2) is 72.7 Å². The fraction of sp³-hybridized carbons (Fsp3) is 0.825. The van der Waals surface area contributed by atoms with E-state index in [1.807, 2.05) is 13.0 Å². The number of rotatable bonds is 28. The van der Waals surface area contributed by atoms with Crippen LogP contribution < -0.4 is 0 Å². The number of phenolic OH excluding ortho intramolecular Hbond substituents is 1. The third-order valence-electron chi connectivity index (χ3n) is 10.8. The molecule has 0 saturated heterocycles. The second kappa shape index (κ2) is 22.2. The van der Waals surface area contributed by atoms with Gasteiger partial charge in [-0.05, 0) is 93.7 Å². The zero-order valence-electron chi connectivity index (χ0n) is 31.0. The van der Waals surface area contributed by atoms with Crippen molar-refractivity contribution in [2.45, 2.75) is 164 Å². The Morgan fingerprint density at radius 1 is 0.591 bits per heavy atom. The molecular weight excluding hydrogens is 540 g/mol. The van der Waals surface area contributed by atoms with Crippen LogP contribution in [0.2, 0.25) is 0 Å². The molecule has 0 aromatic heterocycles. The van der Waals surface area contributed by atoms with Gasteiger partial charge in [0.15, 0.2) is 6.29 Å². The second-order valence-corrected chi connectivity index (χ2v) is 14.7. The number of unbranched alkanes of at least 4 members (excludes halogenated alkanes) is 6. The van der Waals surface area contributed by atoms with Gasteiger partial charge in [0.05, 0.1) is 57.9 Å². The van der Waals surface area contributed by atoms with E-state index in [1.165, 1.54) is 157 Å². The van der Waals surface area contributed by atoms with Gasteiger partial charge < -0.3 is 14.1 Å². The SMILES string of the molecule is CCCC[N+](CCCC)(CCCC)CCCC(C)(CCC[N+](CCCC)(CCCC)CCCC)c1cc(C)c(O)c(C=O)c1. The van der Waals surface area contributed by atoms with Crippen LogP contribution in [0.25, 0.3) is 0 Å². The van der Waals surface area contributed by atoms with Gasteiger partial charge in [-0.1, -0.05) is 93.1 Å². The number of hydrogen-bond donors (Lipinski definition) is 1. The number of carbonyl (C=O) groups excluding carboxylic acids is 1. The number of carbonyl (C=O) groups is 1. The monoisotopic (exact) mass is 617 g/mol. The van der Waals surface area contributed by atoms with Gasteiger partial charge in [0, 0.05) is 0 Å². The summed E-state index contributed by atoms with van der Waals surface area (Å²) in [6.07, 6.45) is 21.1. The fourth-order valence-electron chi connectivity index (χ4n) is 7.57. The van der Waals surface area contributed by atoms with Crippen LogP contribution in [0.5, 0.6) is 5.75 Å². The summed E-state index contributed by atoms with van der Waals surface area (Å²) in [5.41, 5.74) is 2.51. The topological polar surface area (TPSA) is 37.3 Å². The van der Waals surface area contributed by atoms with Crippen molar-refractivity contribution < 1.29 is 18.9 Å². The van der Waals surface area contributed by atoms with Crippen LogP contribution in [0.15, 0.2) is 12.1 Å². The lowest BCUT2D eigenvalue weighted by Gasteiger charge is -2.42. The van der Waals surface area contributed by atoms with E-state index in [9.17, 15) is 9.90 Å². The van der Waals surface area contributed by atoms with Crippen molar-refractivity contribution in [2.75, 3.05) is 52.4 Å². The average Bonchev–Trinajstić information content (AvgIpc) is 3.03. The van der Waals surface area contributed by atoms with Gasteiger partial charge in [-0.2, -0.15) is 0 Å². The standard InChI is InChI=1S/C40H75N2O2/c1-9-15-25-41(26-16-10-2,27-17-11-3)31-21-23-40(8,38-33-36(7)39(44)37(34-38)35-43)24-22-32-42(28-18-12-4,29-19-13-5)30-20-14-6/h33-35H,9-32H2,1-8H3/q+1/p+1. The second-order valence-electron chi connectivity index (χ2n) is 14.7. The zero-order chi connectivity index (χ0) is 32.9. The predicted molar refractivity (Wildman–Crippen MR) is 193 cm³/mol. The van der Waals surface area contributed by atoms with Gasteiger partial charge in [-0.3, -0.25) is 4.79 Å². The Kier molecular flexibility index (Phi) is 20.5. The number of aldehydes is 1. The predicted octanol–water partition coefficient (Wildman–Crippen LogP) is 10.8. The number of benzene rings is 1. The van der Waals surface area contributed by atoms with E-state index in [1.54, 1.807) is 0 Å². The molecule has 0 spiro atoms. The molecule has 4 heteroatoms. The van der Waals surface area contributed by atoms with E-state index in [0.717, 1.165) is 24.7 Å². The molecule has 0 atom stereocenters. The maximum Gasteiger partial charge on any atom is 0.153 e. The van der Waals surface area contributed by atoms with E-state index in [0.29, 0.717) is 5.56 Å². The van der Waals surface area contributed by atoms with Gasteiger partial charge in [0.2, 0.25) is 0 Å². The van der Waals surface area contributed by atoms with Crippen molar-refractivity contribution in [2.24, 2.45) is 0 Å². The van der Waals surface area contributed by atoms with Gasteiger partial charge in [-0.25, -0.2) is 0 Å². The molecule has 0 fully saturated rings. The molecule has 1 rings (SSSR count). The number of nitrogens with zero attached hydrogens (tertiary/aromatic N) is 2. The number of quaternary nitrogens is 2. The maximum atomic E-state index is 12.0. The van der Waals surface area contributed by atoms with E-state index in [-0.39, 0.29) is 11.2 Å². The number of phenols is 1. The van der Waals surface area contributed by atoms with Crippen molar-refractivity contribution in [3.8, 4) is 5.75 Å². The highest BCUT2D eigenvalue weighted by atomic mass is 16.3. The van der Waals surface area contributed by atoms with Gasteiger partial charge >= 0.3 is 0 Å². The Labute approximate surface area is 275 Å². The molecule has 0 bridgehead atoms. The highest BCUT2D eigenvalue weighted by Crippen LogP contribution is 2.38. The Morgan fingerprint density at radius 2 is 0.909 bits per heavy atom. The smallest absolute Gasteiger partial charge is 0.153 e. The Morgan fingerprint density at radius 3 is 1.20 bits per heavy atom. The van der Waals surface area contributed by atoms with E-state index in [4.69, 9.17) is 0 Å². The highest BCUT2D eigenvalue weighted by molar-refractivity contribution is 5.80. The average molecular weight is 617 g/mol. The lowest BCUT2D eigenvalue weighted by molar-refractivity contribution is -0.929. The number of hydrogen-bond acceptors (Lipinski definition) is 2. The number of aryl methyl sites for hydroxylation is 1. The largest absolute Gasteiger partial charge is 0.507 e. The molecule has 0 heterocycles. The molecule has 0 unspecified atom stereocenters. The third-order valence-corrected chi connectivity index (χ3v) is 10.8. The first-order valence-electron chi connectivity index (χ1n) is 19.1. The summed E-state index contributed by atoms with van der Waals surface area (Å²) < 4.78 is 2.57. The van der Waals surface area contributed by atoms with E-state index in [2.05, 4.69) is 54.5 Å². The van der Waals surface area contributed by atoms with Crippen molar-refractivity contribution in [1.82, 2.24) is 0 Å². The van der Waals surface area contributed by atoms with Crippen molar-refractivity contribution >= 4 is 6.29 Å². The first-order valence-corrected chi connectivity index (χ1v) is 19.1. The molecule has 0 aliphatic rings. The summed E-state index contributed by atoms with van der Waals surface area (Å²) >= 11 is 0. The van der Waals surface area contributed by atoms with Gasteiger partial charge in [0.25, 0.3) is 0 Å². The maximum absolute atomic E-state index is 12.0. The first kappa shape index (κ1) is 40.6. The van der Waals surface area contributed by atoms with Crippen LogP contribution in [0.1, 0.15) is 173 Å². The Balaban J connectivity index is 3.36. The molecule has 0 radical (unpaired) electrons. The summed E-state index contributed by atoms with van der Waals surface area (Å²) in [6, 6.07) is 4.19. The molecule has 44 heavy (non-hydrogen) atoms. The van der Waals surface area contributed by atoms with E-state index >= 15 is 0 Å². The molecule has 0 aliphatic heterocycles. The van der Waals surface area contributed by atoms with Crippen molar-refractivity contribution in [1.29, 1.82) is 0 Å². The quantitative estimate of drug-likeness (QED) is 0.0751. The summed E-state index contributed by atoms with van der Waals surface area (Å²) in [4.78, 5) is 12.0. The minimum atomic E-state index is -0.0118. The van der Waals surface area contributed by atoms with Crippen LogP contribution >= 0.6 is 0 Å². The summed E-state index contributed by atoms with van der Waals surface area (Å²) in [5, 5.41) is 10.6. The van der Waals surface area contributed by atoms with Crippen LogP contribution in [0, 0.1) is 6.92 Å². The molecule has 0 aliphatic carbocycles. The minimum Gasteiger partial charge on any atom is -0.507 e. The highest BCUT2D eigenvalue weighted by Gasteiger charge is 2.33. The normalized spacial score (nSPS) is 12.6. The third kappa shape index (κ3) is 13.5. The number of aromatic hydroxyl groups is 1. The first-order chi connectivity index (χ1) is 21.1.